The molecule has 0 radical (unpaired) electrons. The summed E-state index contributed by atoms with van der Waals surface area (Å²) in [5.74, 6) is -0.620. The second kappa shape index (κ2) is 5.09. The number of carbonyl (C=O) groups is 2. The fourth-order valence-electron chi connectivity index (χ4n) is 1.33. The molecule has 0 fully saturated rings. The molecule has 0 N–H and O–H groups in total. The first kappa shape index (κ1) is 12.4. The van der Waals surface area contributed by atoms with Crippen LogP contribution in [0.25, 0.3) is 5.69 Å². The van der Waals surface area contributed by atoms with E-state index in [4.69, 9.17) is 0 Å². The average Bonchev–Trinajstić information content (AvgIpc) is 2.87. The Labute approximate surface area is 111 Å². The summed E-state index contributed by atoms with van der Waals surface area (Å²) in [5, 5.41) is 3.97. The van der Waals surface area contributed by atoms with E-state index in [9.17, 15) is 9.59 Å². The van der Waals surface area contributed by atoms with E-state index in [1.807, 2.05) is 0 Å². The molecule has 2 rings (SSSR count). The molecular weight excluding hydrogens is 302 g/mol. The number of carbonyl (C=O) groups excluding carboxylic acids is 2. The van der Waals surface area contributed by atoms with Crippen LogP contribution >= 0.6 is 15.9 Å². The zero-order valence-electron chi connectivity index (χ0n) is 9.33. The van der Waals surface area contributed by atoms with E-state index in [1.54, 1.807) is 18.2 Å². The number of rotatable bonds is 3. The van der Waals surface area contributed by atoms with Gasteiger partial charge in [-0.05, 0) is 34.1 Å². The minimum absolute atomic E-state index is 0.0203. The fraction of sp³-hybridized carbons (Fsp3) is 0.0909. The lowest BCUT2D eigenvalue weighted by molar-refractivity contribution is 0.0587. The minimum atomic E-state index is -0.600. The van der Waals surface area contributed by atoms with Crippen molar-refractivity contribution in [1.29, 1.82) is 0 Å². The Kier molecular flexibility index (Phi) is 3.52. The van der Waals surface area contributed by atoms with Gasteiger partial charge >= 0.3 is 5.97 Å². The molecule has 0 unspecified atom stereocenters. The maximum atomic E-state index is 11.2. The van der Waals surface area contributed by atoms with Crippen LogP contribution < -0.4 is 0 Å². The molecule has 1 aromatic heterocycles. The number of hydrogen-bond donors (Lipinski definition) is 0. The highest BCUT2D eigenvalue weighted by molar-refractivity contribution is 9.10. The Hall–Kier alpha value is -2.02. The quantitative estimate of drug-likeness (QED) is 0.636. The molecular formula is C11H8BrN3O3. The van der Waals surface area contributed by atoms with Gasteiger partial charge in [-0.25, -0.2) is 14.5 Å². The normalized spacial score (nSPS) is 10.1. The van der Waals surface area contributed by atoms with Gasteiger partial charge in [0.15, 0.2) is 6.29 Å². The van der Waals surface area contributed by atoms with E-state index in [0.29, 0.717) is 15.7 Å². The van der Waals surface area contributed by atoms with Crippen LogP contribution in [0.3, 0.4) is 0 Å². The number of nitrogens with zero attached hydrogens (tertiary/aromatic N) is 3. The highest BCUT2D eigenvalue weighted by Gasteiger charge is 2.12. The summed E-state index contributed by atoms with van der Waals surface area (Å²) in [6, 6.07) is 5.05. The number of ether oxygens (including phenoxy) is 1. The topological polar surface area (TPSA) is 74.1 Å². The van der Waals surface area contributed by atoms with Crippen molar-refractivity contribution in [3.63, 3.8) is 0 Å². The zero-order chi connectivity index (χ0) is 13.1. The highest BCUT2D eigenvalue weighted by atomic mass is 79.9. The van der Waals surface area contributed by atoms with Crippen LogP contribution in [0.2, 0.25) is 0 Å². The molecule has 0 saturated heterocycles. The van der Waals surface area contributed by atoms with Gasteiger partial charge in [0, 0.05) is 10.0 Å². The fourth-order valence-corrected chi connectivity index (χ4v) is 1.79. The first-order chi connectivity index (χ1) is 8.65. The molecule has 6 nitrogen and oxygen atoms in total. The lowest BCUT2D eigenvalue weighted by atomic mass is 10.2. The van der Waals surface area contributed by atoms with Gasteiger partial charge in [0.1, 0.15) is 6.33 Å². The van der Waals surface area contributed by atoms with Crippen LogP contribution in [0.4, 0.5) is 0 Å². The molecule has 0 amide bonds. The van der Waals surface area contributed by atoms with Gasteiger partial charge in [0.25, 0.3) is 5.82 Å². The van der Waals surface area contributed by atoms with Crippen LogP contribution in [0.1, 0.15) is 21.0 Å². The molecule has 0 spiro atoms. The molecule has 0 saturated carbocycles. The van der Waals surface area contributed by atoms with E-state index in [0.717, 1.165) is 6.29 Å². The van der Waals surface area contributed by atoms with Crippen LogP contribution in [-0.4, -0.2) is 34.1 Å². The zero-order valence-corrected chi connectivity index (χ0v) is 10.9. The second-order valence-electron chi connectivity index (χ2n) is 3.33. The van der Waals surface area contributed by atoms with Crippen molar-refractivity contribution in [2.45, 2.75) is 0 Å². The largest absolute Gasteiger partial charge is 0.463 e. The van der Waals surface area contributed by atoms with Gasteiger partial charge in [-0.3, -0.25) is 4.79 Å². The lowest BCUT2D eigenvalue weighted by Crippen LogP contribution is -2.05. The van der Waals surface area contributed by atoms with Crippen molar-refractivity contribution < 1.29 is 14.3 Å². The van der Waals surface area contributed by atoms with Crippen molar-refractivity contribution in [3.8, 4) is 5.69 Å². The van der Waals surface area contributed by atoms with Gasteiger partial charge in [0.05, 0.1) is 12.8 Å². The number of methoxy groups -OCH3 is 1. The van der Waals surface area contributed by atoms with Crippen LogP contribution in [0, 0.1) is 0 Å². The molecule has 92 valence electrons. The van der Waals surface area contributed by atoms with E-state index in [1.165, 1.54) is 18.1 Å². The summed E-state index contributed by atoms with van der Waals surface area (Å²) in [7, 11) is 1.26. The molecule has 0 aliphatic rings. The van der Waals surface area contributed by atoms with Crippen molar-refractivity contribution in [1.82, 2.24) is 14.8 Å². The predicted octanol–water partition coefficient (Wildman–Crippen LogP) is 1.63. The van der Waals surface area contributed by atoms with E-state index >= 15 is 0 Å². The van der Waals surface area contributed by atoms with Crippen LogP contribution in [0.5, 0.6) is 0 Å². The number of hydrogen-bond acceptors (Lipinski definition) is 5. The molecule has 0 aliphatic heterocycles. The summed E-state index contributed by atoms with van der Waals surface area (Å²) < 4.78 is 6.58. The third-order valence-electron chi connectivity index (χ3n) is 2.24. The lowest BCUT2D eigenvalue weighted by Gasteiger charge is -2.02. The van der Waals surface area contributed by atoms with E-state index in [-0.39, 0.29) is 5.82 Å². The second-order valence-corrected chi connectivity index (χ2v) is 4.18. The Balaban J connectivity index is 2.37. The third kappa shape index (κ3) is 2.30. The van der Waals surface area contributed by atoms with Gasteiger partial charge in [0.2, 0.25) is 0 Å². The Bertz CT molecular complexity index is 609. The number of benzene rings is 1. The standard InChI is InChI=1S/C11H8BrN3O3/c1-18-11(17)10-13-6-15(14-10)8-3-2-7(5-16)9(12)4-8/h2-6H,1H3. The Morgan fingerprint density at radius 3 is 2.89 bits per heavy atom. The Morgan fingerprint density at radius 2 is 2.28 bits per heavy atom. The van der Waals surface area contributed by atoms with Gasteiger partial charge in [-0.1, -0.05) is 0 Å². The first-order valence-electron chi connectivity index (χ1n) is 4.91. The predicted molar refractivity (Wildman–Crippen MR) is 65.8 cm³/mol. The smallest absolute Gasteiger partial charge is 0.377 e. The summed E-state index contributed by atoms with van der Waals surface area (Å²) >= 11 is 3.27. The molecule has 1 heterocycles. The SMILES string of the molecule is COC(=O)c1ncn(-c2ccc(C=O)c(Br)c2)n1. The maximum Gasteiger partial charge on any atom is 0.377 e. The van der Waals surface area contributed by atoms with Crippen LogP contribution in [0.15, 0.2) is 29.0 Å². The van der Waals surface area contributed by atoms with Crippen LogP contribution in [-0.2, 0) is 4.74 Å². The van der Waals surface area contributed by atoms with E-state index in [2.05, 4.69) is 30.7 Å². The molecule has 18 heavy (non-hydrogen) atoms. The van der Waals surface area contributed by atoms with Crippen molar-refractivity contribution in [2.75, 3.05) is 7.11 Å². The van der Waals surface area contributed by atoms with Gasteiger partial charge in [-0.15, -0.1) is 5.10 Å². The molecule has 1 aromatic carbocycles. The number of aldehydes is 1. The van der Waals surface area contributed by atoms with Gasteiger partial charge in [-0.2, -0.15) is 0 Å². The first-order valence-corrected chi connectivity index (χ1v) is 5.70. The highest BCUT2D eigenvalue weighted by Crippen LogP contribution is 2.19. The molecule has 0 atom stereocenters. The molecule has 0 bridgehead atoms. The molecule has 2 aromatic rings. The monoisotopic (exact) mass is 309 g/mol. The number of esters is 1. The van der Waals surface area contributed by atoms with Crippen molar-refractivity contribution in [2.24, 2.45) is 0 Å². The van der Waals surface area contributed by atoms with Crippen molar-refractivity contribution >= 4 is 28.2 Å². The third-order valence-corrected chi connectivity index (χ3v) is 2.92. The van der Waals surface area contributed by atoms with E-state index < -0.39 is 5.97 Å². The minimum Gasteiger partial charge on any atom is -0.463 e. The summed E-state index contributed by atoms with van der Waals surface area (Å²) in [4.78, 5) is 25.7. The summed E-state index contributed by atoms with van der Waals surface area (Å²) in [6.07, 6.45) is 2.14. The Morgan fingerprint density at radius 1 is 1.50 bits per heavy atom. The molecule has 0 aliphatic carbocycles. The maximum absolute atomic E-state index is 11.2. The summed E-state index contributed by atoms with van der Waals surface area (Å²) in [5.41, 5.74) is 1.21. The van der Waals surface area contributed by atoms with Crippen molar-refractivity contribution in [3.05, 3.63) is 40.4 Å². The average molecular weight is 310 g/mol. The van der Waals surface area contributed by atoms with Gasteiger partial charge < -0.3 is 4.74 Å². The molecule has 7 heteroatoms. The number of halogens is 1. The number of aromatic nitrogens is 3. The summed E-state index contributed by atoms with van der Waals surface area (Å²) in [6.45, 7) is 0.